The fraction of sp³-hybridized carbons (Fsp3) is 0.0857. The predicted molar refractivity (Wildman–Crippen MR) is 202 cm³/mol. The van der Waals surface area contributed by atoms with Crippen LogP contribution in [0.25, 0.3) is 11.4 Å². The molecule has 0 bridgehead atoms. The van der Waals surface area contributed by atoms with E-state index >= 15 is 0 Å². The first-order valence-corrected chi connectivity index (χ1v) is 19.7. The number of nitrogens with two attached hydrogens (primary N) is 2. The van der Waals surface area contributed by atoms with Gasteiger partial charge in [0.15, 0.2) is 0 Å². The van der Waals surface area contributed by atoms with Crippen LogP contribution in [-0.2, 0) is 42.5 Å². The molecule has 2 amide bonds. The van der Waals surface area contributed by atoms with Gasteiger partial charge in [0, 0.05) is 29.3 Å². The maximum absolute atomic E-state index is 13.7. The number of benzene rings is 4. The number of rotatable bonds is 11. The third-order valence-corrected chi connectivity index (χ3v) is 9.92. The summed E-state index contributed by atoms with van der Waals surface area (Å²) < 4.78 is 90.2. The molecule has 0 spiro atoms. The van der Waals surface area contributed by atoms with Gasteiger partial charge in [-0.05, 0) is 53.6 Å². The second-order valence-corrected chi connectivity index (χ2v) is 15.6. The van der Waals surface area contributed by atoms with Crippen molar-refractivity contribution in [3.63, 3.8) is 0 Å². The first-order valence-electron chi connectivity index (χ1n) is 15.8. The largest absolute Gasteiger partial charge is 0.326 e. The SMILES string of the molecule is NS(=O)(=O)c1cc(NC(=O)Cc2ccccc2C(F)F)ccc1-n1cc(Cl)cn1.NS(=O)(=O)c1cc(NC(=O)Cc2ccccc2F)ccc1-n1cc(Cl)cn1. The number of amides is 2. The van der Waals surface area contributed by atoms with Crippen molar-refractivity contribution in [3.8, 4) is 11.4 Å². The molecule has 6 rings (SSSR count). The van der Waals surface area contributed by atoms with E-state index in [0.29, 0.717) is 10.0 Å². The zero-order valence-electron chi connectivity index (χ0n) is 28.5. The molecule has 2 aromatic heterocycles. The first kappa shape index (κ1) is 41.6. The molecule has 0 aliphatic rings. The lowest BCUT2D eigenvalue weighted by molar-refractivity contribution is -0.116. The van der Waals surface area contributed by atoms with E-state index in [1.165, 1.54) is 101 Å². The van der Waals surface area contributed by atoms with Gasteiger partial charge in [0.05, 0.1) is 46.7 Å². The van der Waals surface area contributed by atoms with Gasteiger partial charge < -0.3 is 10.6 Å². The lowest BCUT2D eigenvalue weighted by Gasteiger charge is -2.12. The van der Waals surface area contributed by atoms with Crippen molar-refractivity contribution in [1.29, 1.82) is 0 Å². The van der Waals surface area contributed by atoms with Crippen molar-refractivity contribution in [3.05, 3.63) is 142 Å². The standard InChI is InChI=1S/C18H15ClF2N4O3S.C17H14ClFN4O3S/c19-12-9-23-25(10-12)15-6-5-13(8-16(15)29(22,27)28)24-17(26)7-11-3-1-2-4-14(11)18(20)21;18-12-9-21-23(10-12)15-6-5-13(8-16(15)27(20,25)26)22-17(24)7-11-3-1-2-4-14(11)19/h1-6,8-10,18H,7H2,(H,24,26)(H2,22,27,28);1-6,8-10H,7H2,(H,22,24)(H2,20,25,26). The average Bonchev–Trinajstić information content (AvgIpc) is 3.76. The quantitative estimate of drug-likeness (QED) is 0.125. The summed E-state index contributed by atoms with van der Waals surface area (Å²) in [6.07, 6.45) is 2.26. The van der Waals surface area contributed by atoms with Crippen molar-refractivity contribution in [2.75, 3.05) is 10.6 Å². The summed E-state index contributed by atoms with van der Waals surface area (Å²) in [6.45, 7) is 0. The molecule has 292 valence electrons. The molecule has 14 nitrogen and oxygen atoms in total. The average molecular weight is 850 g/mol. The van der Waals surface area contributed by atoms with Crippen LogP contribution in [0.3, 0.4) is 0 Å². The van der Waals surface area contributed by atoms with Crippen LogP contribution in [-0.4, -0.2) is 48.2 Å². The van der Waals surface area contributed by atoms with Crippen LogP contribution >= 0.6 is 23.2 Å². The van der Waals surface area contributed by atoms with E-state index in [1.807, 2.05) is 0 Å². The second-order valence-electron chi connectivity index (χ2n) is 11.7. The molecule has 0 saturated carbocycles. The van der Waals surface area contributed by atoms with Crippen LogP contribution in [0, 0.1) is 5.82 Å². The minimum Gasteiger partial charge on any atom is -0.326 e. The van der Waals surface area contributed by atoms with E-state index in [-0.39, 0.29) is 62.1 Å². The van der Waals surface area contributed by atoms with Crippen LogP contribution in [0.15, 0.2) is 120 Å². The fourth-order valence-electron chi connectivity index (χ4n) is 5.19. The molecule has 2 heterocycles. The molecular weight excluding hydrogens is 820 g/mol. The molecule has 6 aromatic rings. The van der Waals surface area contributed by atoms with Crippen LogP contribution in [0.5, 0.6) is 0 Å². The Labute approximate surface area is 327 Å². The van der Waals surface area contributed by atoms with Crippen molar-refractivity contribution < 1.29 is 39.6 Å². The Balaban J connectivity index is 0.000000215. The molecule has 21 heteroatoms. The first-order chi connectivity index (χ1) is 26.4. The van der Waals surface area contributed by atoms with Gasteiger partial charge in [0.25, 0.3) is 6.43 Å². The molecule has 0 saturated heterocycles. The lowest BCUT2D eigenvalue weighted by atomic mass is 10.0. The minimum absolute atomic E-state index is 0.135. The van der Waals surface area contributed by atoms with Crippen LogP contribution in [0.1, 0.15) is 23.1 Å². The summed E-state index contributed by atoms with van der Waals surface area (Å²) >= 11 is 11.6. The molecular formula is C35H29Cl2F3N8O6S2. The Morgan fingerprint density at radius 3 is 1.52 bits per heavy atom. The number of carbonyl (C=O) groups excluding carboxylic acids is 2. The number of nitrogens with zero attached hydrogens (tertiary/aromatic N) is 4. The predicted octanol–water partition coefficient (Wildman–Crippen LogP) is 5.79. The van der Waals surface area contributed by atoms with Crippen molar-refractivity contribution in [2.45, 2.75) is 29.1 Å². The summed E-state index contributed by atoms with van der Waals surface area (Å²) in [7, 11) is -8.27. The second kappa shape index (κ2) is 17.5. The Kier molecular flexibility index (Phi) is 13.0. The molecule has 56 heavy (non-hydrogen) atoms. The van der Waals surface area contributed by atoms with Gasteiger partial charge in [-0.25, -0.2) is 49.6 Å². The van der Waals surface area contributed by atoms with E-state index in [1.54, 1.807) is 12.1 Å². The van der Waals surface area contributed by atoms with Crippen LogP contribution in [0.2, 0.25) is 10.0 Å². The van der Waals surface area contributed by atoms with E-state index in [9.17, 15) is 39.6 Å². The Bertz CT molecular complexity index is 2640. The van der Waals surface area contributed by atoms with E-state index in [2.05, 4.69) is 20.8 Å². The number of carbonyl (C=O) groups is 2. The minimum atomic E-state index is -4.16. The third-order valence-electron chi connectivity index (χ3n) is 7.65. The maximum Gasteiger partial charge on any atom is 0.264 e. The molecule has 0 aliphatic carbocycles. The van der Waals surface area contributed by atoms with Gasteiger partial charge in [0.1, 0.15) is 15.6 Å². The number of alkyl halides is 2. The fourth-order valence-corrected chi connectivity index (χ4v) is 6.95. The number of hydrogen-bond acceptors (Lipinski definition) is 8. The Morgan fingerprint density at radius 1 is 0.679 bits per heavy atom. The topological polar surface area (TPSA) is 214 Å². The van der Waals surface area contributed by atoms with Gasteiger partial charge in [0.2, 0.25) is 31.9 Å². The number of anilines is 2. The number of halogens is 5. The van der Waals surface area contributed by atoms with Crippen molar-refractivity contribution >= 4 is 66.4 Å². The van der Waals surface area contributed by atoms with E-state index < -0.39 is 44.1 Å². The number of nitrogens with one attached hydrogen (secondary N) is 2. The van der Waals surface area contributed by atoms with Crippen molar-refractivity contribution in [2.24, 2.45) is 10.3 Å². The summed E-state index contributed by atoms with van der Waals surface area (Å²) in [4.78, 5) is 23.9. The van der Waals surface area contributed by atoms with Gasteiger partial charge in [-0.1, -0.05) is 65.7 Å². The number of aromatic nitrogens is 4. The van der Waals surface area contributed by atoms with Crippen molar-refractivity contribution in [1.82, 2.24) is 19.6 Å². The number of primary sulfonamides is 2. The highest BCUT2D eigenvalue weighted by atomic mass is 35.5. The maximum atomic E-state index is 13.7. The van der Waals surface area contributed by atoms with Crippen LogP contribution in [0.4, 0.5) is 24.5 Å². The highest BCUT2D eigenvalue weighted by Crippen LogP contribution is 2.27. The molecule has 4 aromatic carbocycles. The monoisotopic (exact) mass is 848 g/mol. The normalized spacial score (nSPS) is 11.5. The van der Waals surface area contributed by atoms with Gasteiger partial charge in [-0.2, -0.15) is 10.2 Å². The molecule has 0 unspecified atom stereocenters. The number of sulfonamides is 2. The molecule has 0 fully saturated rings. The zero-order chi connectivity index (χ0) is 40.8. The summed E-state index contributed by atoms with van der Waals surface area (Å²) in [5.41, 5.74) is 0.813. The van der Waals surface area contributed by atoms with Gasteiger partial charge in [-0.15, -0.1) is 0 Å². The molecule has 0 aliphatic heterocycles. The molecule has 0 radical (unpaired) electrons. The van der Waals surface area contributed by atoms with Crippen LogP contribution < -0.4 is 20.9 Å². The lowest BCUT2D eigenvalue weighted by Crippen LogP contribution is -2.18. The Morgan fingerprint density at radius 2 is 1.11 bits per heavy atom. The van der Waals surface area contributed by atoms with E-state index in [0.717, 1.165) is 6.07 Å². The van der Waals surface area contributed by atoms with Gasteiger partial charge >= 0.3 is 0 Å². The van der Waals surface area contributed by atoms with E-state index in [4.69, 9.17) is 33.5 Å². The van der Waals surface area contributed by atoms with Gasteiger partial charge in [-0.3, -0.25) is 9.59 Å². The molecule has 0 atom stereocenters. The summed E-state index contributed by atoms with van der Waals surface area (Å²) in [6, 6.07) is 19.7. The number of hydrogen-bond donors (Lipinski definition) is 4. The Hall–Kier alpha value is -5.57. The highest BCUT2D eigenvalue weighted by Gasteiger charge is 2.21. The smallest absolute Gasteiger partial charge is 0.264 e. The zero-order valence-corrected chi connectivity index (χ0v) is 31.6. The highest BCUT2D eigenvalue weighted by molar-refractivity contribution is 7.89. The third kappa shape index (κ3) is 10.8. The summed E-state index contributed by atoms with van der Waals surface area (Å²) in [5.74, 6) is -1.59. The molecule has 6 N–H and O–H groups in total. The summed E-state index contributed by atoms with van der Waals surface area (Å²) in [5, 5.41) is 24.1.